The number of rotatable bonds is 3. The SMILES string of the molecule is CN(C)N(N(C)C)[SiH](C)C.[Li]. The number of nitrogens with zero attached hydrogens (tertiary/aromatic N) is 3. The van der Waals surface area contributed by atoms with Crippen LogP contribution >= 0.6 is 0 Å². The van der Waals surface area contributed by atoms with Crippen molar-refractivity contribution in [3.05, 3.63) is 0 Å². The Balaban J connectivity index is 0. The predicted molar refractivity (Wildman–Crippen MR) is 53.8 cm³/mol. The number of hydrogen-bond donors (Lipinski definition) is 0. The molecule has 0 saturated carbocycles. The minimum absolute atomic E-state index is 0. The van der Waals surface area contributed by atoms with Gasteiger partial charge in [-0.1, -0.05) is 13.1 Å². The van der Waals surface area contributed by atoms with E-state index in [1.807, 2.05) is 0 Å². The Kier molecular flexibility index (Phi) is 8.07. The molecule has 0 fully saturated rings. The van der Waals surface area contributed by atoms with Crippen LogP contribution in [0.4, 0.5) is 0 Å². The van der Waals surface area contributed by atoms with E-state index in [-0.39, 0.29) is 18.9 Å². The van der Waals surface area contributed by atoms with Crippen molar-refractivity contribution in [2.45, 2.75) is 13.1 Å². The summed E-state index contributed by atoms with van der Waals surface area (Å²) in [6, 6.07) is 0. The van der Waals surface area contributed by atoms with E-state index >= 15 is 0 Å². The predicted octanol–water partition coefficient (Wildman–Crippen LogP) is -0.156. The van der Waals surface area contributed by atoms with Gasteiger partial charge in [-0.15, -0.1) is 0 Å². The molecule has 0 aromatic heterocycles. The Labute approximate surface area is 84.1 Å². The Morgan fingerprint density at radius 1 is 0.818 bits per heavy atom. The average Bonchev–Trinajstić information content (AvgIpc) is 1.59. The van der Waals surface area contributed by atoms with Crippen molar-refractivity contribution >= 4 is 27.8 Å². The molecule has 0 saturated heterocycles. The topological polar surface area (TPSA) is 9.72 Å². The number of hydrogen-bond acceptors (Lipinski definition) is 3. The third-order valence-corrected chi connectivity index (χ3v) is 3.13. The molecule has 3 nitrogen and oxygen atoms in total. The summed E-state index contributed by atoms with van der Waals surface area (Å²) in [7, 11) is 7.59. The largest absolute Gasteiger partial charge is 0.242 e. The van der Waals surface area contributed by atoms with Crippen molar-refractivity contribution in [1.29, 1.82) is 0 Å². The molecule has 0 spiro atoms. The van der Waals surface area contributed by atoms with E-state index in [1.165, 1.54) is 0 Å². The zero-order chi connectivity index (χ0) is 8.31. The van der Waals surface area contributed by atoms with Crippen molar-refractivity contribution in [2.24, 2.45) is 0 Å². The average molecular weight is 168 g/mol. The van der Waals surface area contributed by atoms with Crippen LogP contribution < -0.4 is 0 Å². The molecule has 0 aromatic carbocycles. The minimum atomic E-state index is -0.716. The minimum Gasteiger partial charge on any atom is -0.242 e. The Bertz CT molecular complexity index is 78.8. The van der Waals surface area contributed by atoms with Gasteiger partial charge in [0.05, 0.1) is 0 Å². The van der Waals surface area contributed by atoms with Crippen molar-refractivity contribution in [1.82, 2.24) is 14.8 Å². The van der Waals surface area contributed by atoms with Crippen LogP contribution in [-0.2, 0) is 0 Å². The summed E-state index contributed by atoms with van der Waals surface area (Å²) in [5.41, 5.74) is 0. The smallest absolute Gasteiger partial charge is 0.146 e. The summed E-state index contributed by atoms with van der Waals surface area (Å²) in [5.74, 6) is 0. The molecule has 0 bridgehead atoms. The Hall–Kier alpha value is 0.694. The third-order valence-electron chi connectivity index (χ3n) is 1.28. The summed E-state index contributed by atoms with van der Waals surface area (Å²) in [6.45, 7) is 4.61. The van der Waals surface area contributed by atoms with E-state index in [1.54, 1.807) is 0 Å². The van der Waals surface area contributed by atoms with E-state index in [2.05, 4.69) is 56.1 Å². The zero-order valence-electron chi connectivity index (χ0n) is 8.92. The second-order valence-corrected chi connectivity index (χ2v) is 5.76. The fraction of sp³-hybridized carbons (Fsp3) is 1.00. The van der Waals surface area contributed by atoms with Crippen LogP contribution in [0.15, 0.2) is 0 Å². The molecule has 5 heteroatoms. The summed E-state index contributed by atoms with van der Waals surface area (Å²) < 4.78 is 0. The van der Waals surface area contributed by atoms with Gasteiger partial charge in [0.1, 0.15) is 8.96 Å². The molecule has 0 amide bonds. The third kappa shape index (κ3) is 5.02. The first-order valence-electron chi connectivity index (χ1n) is 3.60. The van der Waals surface area contributed by atoms with E-state index in [4.69, 9.17) is 0 Å². The van der Waals surface area contributed by atoms with E-state index in [9.17, 15) is 0 Å². The monoisotopic (exact) mass is 168 g/mol. The molecule has 0 heterocycles. The maximum absolute atomic E-state index is 2.31. The van der Waals surface area contributed by atoms with Crippen LogP contribution in [0.2, 0.25) is 13.1 Å². The second-order valence-electron chi connectivity index (χ2n) is 3.11. The summed E-state index contributed by atoms with van der Waals surface area (Å²) in [5, 5.41) is 4.27. The molecular formula is C6H19LiN3Si. The van der Waals surface area contributed by atoms with Crippen LogP contribution in [-0.4, -0.2) is 70.8 Å². The molecule has 0 aliphatic heterocycles. The van der Waals surface area contributed by atoms with Crippen LogP contribution in [0.3, 0.4) is 0 Å². The fourth-order valence-corrected chi connectivity index (χ4v) is 3.13. The molecule has 0 aromatic rings. The quantitative estimate of drug-likeness (QED) is 0.428. The molecule has 11 heavy (non-hydrogen) atoms. The molecule has 0 unspecified atom stereocenters. The van der Waals surface area contributed by atoms with Crippen LogP contribution in [0.25, 0.3) is 0 Å². The maximum Gasteiger partial charge on any atom is 0.146 e. The Morgan fingerprint density at radius 2 is 1.09 bits per heavy atom. The molecule has 0 atom stereocenters. The Morgan fingerprint density at radius 3 is 1.09 bits per heavy atom. The van der Waals surface area contributed by atoms with Crippen molar-refractivity contribution in [2.75, 3.05) is 28.2 Å². The second kappa shape index (κ2) is 6.24. The van der Waals surface area contributed by atoms with Gasteiger partial charge in [-0.05, 0) is 0 Å². The van der Waals surface area contributed by atoms with Crippen LogP contribution in [0.5, 0.6) is 0 Å². The van der Waals surface area contributed by atoms with Gasteiger partial charge in [-0.2, -0.15) is 0 Å². The van der Waals surface area contributed by atoms with Gasteiger partial charge in [0, 0.05) is 47.1 Å². The fourth-order valence-electron chi connectivity index (χ4n) is 1.28. The van der Waals surface area contributed by atoms with Gasteiger partial charge < -0.3 is 0 Å². The van der Waals surface area contributed by atoms with Gasteiger partial charge in [-0.25, -0.2) is 14.8 Å². The van der Waals surface area contributed by atoms with Gasteiger partial charge >= 0.3 is 0 Å². The first-order valence-corrected chi connectivity index (χ1v) is 6.43. The van der Waals surface area contributed by atoms with Crippen LogP contribution in [0.1, 0.15) is 0 Å². The first kappa shape index (κ1) is 14.2. The summed E-state index contributed by atoms with van der Waals surface area (Å²) in [6.07, 6.45) is 0. The van der Waals surface area contributed by atoms with Gasteiger partial charge in [0.2, 0.25) is 0 Å². The maximum atomic E-state index is 2.31. The summed E-state index contributed by atoms with van der Waals surface area (Å²) >= 11 is 0. The van der Waals surface area contributed by atoms with Crippen molar-refractivity contribution in [3.8, 4) is 0 Å². The standard InChI is InChI=1S/C6H19N3Si.Li/c1-7(2)9(8(3)4)10(5)6;/h10H,1-6H3;. The van der Waals surface area contributed by atoms with Crippen LogP contribution in [0, 0.1) is 0 Å². The normalized spacial score (nSPS) is 11.5. The summed E-state index contributed by atoms with van der Waals surface area (Å²) in [4.78, 5) is 2.31. The molecule has 1 radical (unpaired) electrons. The molecule has 63 valence electrons. The molecule has 0 N–H and O–H groups in total. The van der Waals surface area contributed by atoms with E-state index in [0.717, 1.165) is 0 Å². The molecule has 0 aliphatic carbocycles. The number of hydrazine groups is 2. The van der Waals surface area contributed by atoms with Crippen molar-refractivity contribution < 1.29 is 0 Å². The molecular weight excluding hydrogens is 149 g/mol. The van der Waals surface area contributed by atoms with Gasteiger partial charge in [0.25, 0.3) is 0 Å². The zero-order valence-corrected chi connectivity index (χ0v) is 10.1. The van der Waals surface area contributed by atoms with Crippen molar-refractivity contribution in [3.63, 3.8) is 0 Å². The van der Waals surface area contributed by atoms with Gasteiger partial charge in [-0.3, -0.25) is 0 Å². The van der Waals surface area contributed by atoms with Gasteiger partial charge in [0.15, 0.2) is 0 Å². The van der Waals surface area contributed by atoms with E-state index < -0.39 is 8.96 Å². The molecule has 0 aliphatic rings. The first-order chi connectivity index (χ1) is 4.46. The van der Waals surface area contributed by atoms with E-state index in [0.29, 0.717) is 0 Å². The molecule has 0 rings (SSSR count).